The second-order valence-corrected chi connectivity index (χ2v) is 11.0. The molecule has 0 bridgehead atoms. The fraction of sp³-hybridized carbons (Fsp3) is 0.308. The molecule has 0 aliphatic carbocycles. The number of hydrogen-bond donors (Lipinski definition) is 1. The number of fused-ring (bicyclic) bond motifs is 1. The predicted octanol–water partition coefficient (Wildman–Crippen LogP) is 3.34. The molecule has 0 saturated heterocycles. The molecule has 0 fully saturated rings. The van der Waals surface area contributed by atoms with Gasteiger partial charge in [-0.2, -0.15) is 0 Å². The molecule has 0 unspecified atom stereocenters. The van der Waals surface area contributed by atoms with Crippen molar-refractivity contribution >= 4 is 42.3 Å². The van der Waals surface area contributed by atoms with Crippen LogP contribution in [0, 0.1) is 0 Å². The third-order valence-corrected chi connectivity index (χ3v) is 2.42. The molecule has 2 heterocycles. The Morgan fingerprint density at radius 2 is 1.68 bits per heavy atom. The van der Waals surface area contributed by atoms with Crippen LogP contribution in [0.2, 0.25) is 0 Å². The van der Waals surface area contributed by atoms with E-state index in [2.05, 4.69) is 27.4 Å². The van der Waals surface area contributed by atoms with E-state index in [1.165, 1.54) is 0 Å². The summed E-state index contributed by atoms with van der Waals surface area (Å²) in [5.74, 6) is 0. The van der Waals surface area contributed by atoms with Crippen LogP contribution >= 0.6 is 0 Å². The molecule has 25 heavy (non-hydrogen) atoms. The summed E-state index contributed by atoms with van der Waals surface area (Å²) in [5, 5.41) is 1.03. The molecule has 0 aliphatic rings. The van der Waals surface area contributed by atoms with Crippen LogP contribution in [0.3, 0.4) is 0 Å². The zero-order valence-electron chi connectivity index (χ0n) is 13.9. The Balaban J connectivity index is 0.000000381. The number of nitrogens with zero attached hydrogens (tertiary/aromatic N) is 4. The minimum absolute atomic E-state index is 0.858. The van der Waals surface area contributed by atoms with Gasteiger partial charge in [-0.25, -0.2) is 14.5 Å². The molecule has 142 valence electrons. The van der Waals surface area contributed by atoms with Crippen molar-refractivity contribution in [2.24, 2.45) is 0 Å². The number of halogens is 6. The molecule has 2 aromatic heterocycles. The molecule has 2 rings (SSSR count). The number of nitrogens with one attached hydrogen (secondary N) is 1. The number of aromatic nitrogens is 3. The second kappa shape index (κ2) is 6.51. The van der Waals surface area contributed by atoms with Gasteiger partial charge in [0.05, 0.1) is 11.3 Å². The first-order chi connectivity index (χ1) is 11.0. The third kappa shape index (κ3) is 9.95. The van der Waals surface area contributed by atoms with Crippen molar-refractivity contribution in [1.29, 1.82) is 0 Å². The van der Waals surface area contributed by atoms with Crippen molar-refractivity contribution in [3.63, 3.8) is 0 Å². The van der Waals surface area contributed by atoms with E-state index in [0.29, 0.717) is 0 Å². The molecular weight excluding hydrogens is 462 g/mol. The number of aromatic amines is 1. The fourth-order valence-corrected chi connectivity index (χ4v) is 1.81. The van der Waals surface area contributed by atoms with Crippen molar-refractivity contribution < 1.29 is 21.5 Å². The standard InChI is InChI=1S/C13H18N5.6FH.Sb/c1-17(2)7-10(8-18(3)4)12-11-5-6-14-13(11)16-9-15-12;;;;;;;/h5-9H,1-4H3,(H,14,15,16);6*1H;/q+1;;;;;;;+5/p-6. The van der Waals surface area contributed by atoms with Gasteiger partial charge >= 0.3 is 36.4 Å². The van der Waals surface area contributed by atoms with Gasteiger partial charge in [-0.1, -0.05) is 0 Å². The van der Waals surface area contributed by atoms with E-state index in [9.17, 15) is 16.9 Å². The third-order valence-electron chi connectivity index (χ3n) is 2.42. The topological polar surface area (TPSA) is 47.8 Å². The van der Waals surface area contributed by atoms with E-state index < -0.39 is 19.5 Å². The van der Waals surface area contributed by atoms with Crippen molar-refractivity contribution in [3.8, 4) is 0 Å². The molecule has 0 radical (unpaired) electrons. The first-order valence-corrected chi connectivity index (χ1v) is 12.6. The zero-order valence-corrected chi connectivity index (χ0v) is 16.4. The Hall–Kier alpha value is -1.77. The van der Waals surface area contributed by atoms with Gasteiger partial charge in [0.1, 0.15) is 26.1 Å². The van der Waals surface area contributed by atoms with Crippen molar-refractivity contribution in [2.75, 3.05) is 28.2 Å². The quantitative estimate of drug-likeness (QED) is 0.318. The average Bonchev–Trinajstić information content (AvgIpc) is 2.80. The Labute approximate surface area is 142 Å². The average molecular weight is 480 g/mol. The zero-order chi connectivity index (χ0) is 19.5. The maximum atomic E-state index is 9.93. The molecule has 0 amide bonds. The summed E-state index contributed by atoms with van der Waals surface area (Å²) in [4.78, 5) is 13.7. The predicted molar refractivity (Wildman–Crippen MR) is 86.1 cm³/mol. The molecule has 1 N–H and O–H groups in total. The van der Waals surface area contributed by atoms with Gasteiger partial charge in [-0.15, -0.1) is 0 Å². The van der Waals surface area contributed by atoms with Crippen molar-refractivity contribution in [1.82, 2.24) is 19.9 Å². The van der Waals surface area contributed by atoms with Crippen LogP contribution in [-0.2, 0) is 0 Å². The van der Waals surface area contributed by atoms with Gasteiger partial charge in [-0.3, -0.25) is 0 Å². The van der Waals surface area contributed by atoms with Crippen LogP contribution < -0.4 is 0 Å². The van der Waals surface area contributed by atoms with E-state index >= 15 is 0 Å². The molecule has 0 aliphatic heterocycles. The van der Waals surface area contributed by atoms with E-state index in [1.807, 2.05) is 49.9 Å². The Bertz CT molecular complexity index is 792. The minimum atomic E-state index is -11.2. The first kappa shape index (κ1) is 21.3. The summed E-state index contributed by atoms with van der Waals surface area (Å²) < 4.78 is 61.6. The molecule has 0 atom stereocenters. The molecular formula is C13H18F6N5Sb. The van der Waals surface area contributed by atoms with Crippen LogP contribution in [0.25, 0.3) is 16.6 Å². The summed E-state index contributed by atoms with van der Waals surface area (Å²) in [7, 11) is 8.00. The van der Waals surface area contributed by atoms with Crippen molar-refractivity contribution in [3.05, 3.63) is 30.5 Å². The van der Waals surface area contributed by atoms with Gasteiger partial charge in [0.25, 0.3) is 0 Å². The van der Waals surface area contributed by atoms with Gasteiger partial charge in [-0.05, 0) is 6.07 Å². The summed E-state index contributed by atoms with van der Waals surface area (Å²) >= 11 is -11.2. The van der Waals surface area contributed by atoms with E-state index in [0.717, 1.165) is 22.3 Å². The van der Waals surface area contributed by atoms with Crippen LogP contribution in [0.4, 0.5) is 16.9 Å². The van der Waals surface area contributed by atoms with Crippen LogP contribution in [0.1, 0.15) is 5.69 Å². The van der Waals surface area contributed by atoms with E-state index in [1.54, 1.807) is 6.33 Å². The number of allylic oxidation sites excluding steroid dienone is 1. The molecule has 5 nitrogen and oxygen atoms in total. The second-order valence-electron chi connectivity index (χ2n) is 5.56. The van der Waals surface area contributed by atoms with E-state index in [-0.39, 0.29) is 0 Å². The number of H-pyrrole nitrogens is 1. The summed E-state index contributed by atoms with van der Waals surface area (Å²) in [6.45, 7) is 0. The van der Waals surface area contributed by atoms with Crippen molar-refractivity contribution in [2.45, 2.75) is 0 Å². The number of rotatable bonds is 3. The molecule has 12 heteroatoms. The molecule has 0 aromatic carbocycles. The monoisotopic (exact) mass is 479 g/mol. The Morgan fingerprint density at radius 3 is 2.16 bits per heavy atom. The summed E-state index contributed by atoms with van der Waals surface area (Å²) in [6.07, 6.45) is 7.57. The normalized spacial score (nSPS) is 14.9. The van der Waals surface area contributed by atoms with Crippen LogP contribution in [-0.4, -0.2) is 78.3 Å². The molecule has 0 spiro atoms. The van der Waals surface area contributed by atoms with Crippen LogP contribution in [0.5, 0.6) is 0 Å². The summed E-state index contributed by atoms with van der Waals surface area (Å²) in [6, 6.07) is 2.00. The van der Waals surface area contributed by atoms with Gasteiger partial charge in [0.2, 0.25) is 0 Å². The van der Waals surface area contributed by atoms with Gasteiger partial charge in [0, 0.05) is 31.9 Å². The Kier molecular flexibility index (Phi) is 5.54. The maximum absolute atomic E-state index is 11.2. The van der Waals surface area contributed by atoms with E-state index in [4.69, 9.17) is 0 Å². The Morgan fingerprint density at radius 1 is 1.12 bits per heavy atom. The van der Waals surface area contributed by atoms with Gasteiger partial charge < -0.3 is 9.88 Å². The van der Waals surface area contributed by atoms with Crippen LogP contribution in [0.15, 0.2) is 24.8 Å². The van der Waals surface area contributed by atoms with Gasteiger partial charge in [0.15, 0.2) is 6.21 Å². The number of hydrogen-bond acceptors (Lipinski definition) is 3. The fourth-order valence-electron chi connectivity index (χ4n) is 1.81. The summed E-state index contributed by atoms with van der Waals surface area (Å²) in [5.41, 5.74) is 2.84. The SMILES string of the molecule is CN(C)/C=C(\C=[N+](C)C)c1ncnc2[nH]ccc12.[F][Sb-]([F])([F])([F])([F])[F]. The molecule has 2 aromatic rings. The first-order valence-electron chi connectivity index (χ1n) is 6.77. The molecule has 0 saturated carbocycles.